The minimum Gasteiger partial charge on any atom is -0.369 e. The van der Waals surface area contributed by atoms with E-state index in [0.29, 0.717) is 23.6 Å². The summed E-state index contributed by atoms with van der Waals surface area (Å²) in [5.74, 6) is 0. The Labute approximate surface area is 147 Å². The molecule has 2 aromatic rings. The molecule has 0 atom stereocenters. The molecule has 0 spiro atoms. The van der Waals surface area contributed by atoms with Crippen LogP contribution in [0.3, 0.4) is 0 Å². The molecule has 0 amide bonds. The van der Waals surface area contributed by atoms with Crippen LogP contribution < -0.4 is 0 Å². The largest absolute Gasteiger partial charge is 0.430 e. The Balaban J connectivity index is 2.69. The zero-order valence-corrected chi connectivity index (χ0v) is 14.2. The van der Waals surface area contributed by atoms with E-state index in [2.05, 4.69) is 0 Å². The van der Waals surface area contributed by atoms with Gasteiger partial charge in [0.15, 0.2) is 0 Å². The third kappa shape index (κ3) is 3.32. The maximum Gasteiger partial charge on any atom is 0.430 e. The predicted molar refractivity (Wildman–Crippen MR) is 86.6 cm³/mol. The Hall–Kier alpha value is -2.02. The van der Waals surface area contributed by atoms with Crippen molar-refractivity contribution >= 4 is 0 Å². The molecule has 0 fully saturated rings. The fourth-order valence-corrected chi connectivity index (χ4v) is 2.95. The van der Waals surface area contributed by atoms with Crippen molar-refractivity contribution in [2.24, 2.45) is 0 Å². The molecular formula is C19H18F6O. The van der Waals surface area contributed by atoms with Crippen LogP contribution in [0.15, 0.2) is 42.5 Å². The molecule has 2 rings (SSSR count). The van der Waals surface area contributed by atoms with Gasteiger partial charge in [-0.3, -0.25) is 0 Å². The molecule has 7 heteroatoms. The van der Waals surface area contributed by atoms with Gasteiger partial charge in [-0.25, -0.2) is 0 Å². The highest BCUT2D eigenvalue weighted by molar-refractivity contribution is 5.71. The predicted octanol–water partition coefficient (Wildman–Crippen LogP) is 5.79. The van der Waals surface area contributed by atoms with E-state index in [4.69, 9.17) is 0 Å². The van der Waals surface area contributed by atoms with Gasteiger partial charge in [0.25, 0.3) is 5.60 Å². The lowest BCUT2D eigenvalue weighted by Crippen LogP contribution is -2.53. The fraction of sp³-hybridized carbons (Fsp3) is 0.368. The second kappa shape index (κ2) is 6.95. The Morgan fingerprint density at radius 3 is 1.73 bits per heavy atom. The van der Waals surface area contributed by atoms with Crippen LogP contribution in [0.25, 0.3) is 11.1 Å². The molecule has 0 heterocycles. The summed E-state index contributed by atoms with van der Waals surface area (Å²) in [4.78, 5) is 0. The molecule has 0 aliphatic heterocycles. The van der Waals surface area contributed by atoms with Gasteiger partial charge >= 0.3 is 12.4 Å². The smallest absolute Gasteiger partial charge is 0.369 e. The third-order valence-corrected chi connectivity index (χ3v) is 4.41. The van der Waals surface area contributed by atoms with Crippen LogP contribution >= 0.6 is 0 Å². The molecular weight excluding hydrogens is 358 g/mol. The molecule has 0 saturated heterocycles. The first-order valence-electron chi connectivity index (χ1n) is 8.04. The number of rotatable bonds is 4. The van der Waals surface area contributed by atoms with Crippen molar-refractivity contribution in [3.63, 3.8) is 0 Å². The highest BCUT2D eigenvalue weighted by Crippen LogP contribution is 2.50. The van der Waals surface area contributed by atoms with E-state index in [0.717, 1.165) is 17.2 Å². The lowest BCUT2D eigenvalue weighted by atomic mass is 9.86. The molecule has 1 nitrogen and oxygen atoms in total. The van der Waals surface area contributed by atoms with Gasteiger partial charge in [0.2, 0.25) is 0 Å². The SMILES string of the molecule is CCc1ccccc1-c1ccc(C(O)(C(F)(F)F)C(F)(F)F)cc1CC. The summed E-state index contributed by atoms with van der Waals surface area (Å²) >= 11 is 0. The lowest BCUT2D eigenvalue weighted by Gasteiger charge is -2.33. The summed E-state index contributed by atoms with van der Waals surface area (Å²) in [6.07, 6.45) is -10.9. The first-order chi connectivity index (χ1) is 12.0. The van der Waals surface area contributed by atoms with E-state index < -0.39 is 23.5 Å². The van der Waals surface area contributed by atoms with Crippen molar-refractivity contribution in [3.05, 3.63) is 59.2 Å². The Bertz CT molecular complexity index is 762. The van der Waals surface area contributed by atoms with Gasteiger partial charge in [-0.2, -0.15) is 26.3 Å². The normalized spacial score (nSPS) is 13.1. The summed E-state index contributed by atoms with van der Waals surface area (Å²) in [5, 5.41) is 9.59. The number of aliphatic hydroxyl groups is 1. The minimum atomic E-state index is -5.89. The number of aryl methyl sites for hydroxylation is 2. The Morgan fingerprint density at radius 1 is 0.731 bits per heavy atom. The molecule has 0 unspecified atom stereocenters. The topological polar surface area (TPSA) is 20.2 Å². The zero-order chi connectivity index (χ0) is 19.8. The average Bonchev–Trinajstić information content (AvgIpc) is 2.58. The monoisotopic (exact) mass is 376 g/mol. The molecule has 0 saturated carbocycles. The van der Waals surface area contributed by atoms with Gasteiger partial charge < -0.3 is 5.11 Å². The van der Waals surface area contributed by atoms with Crippen molar-refractivity contribution in [2.75, 3.05) is 0 Å². The first-order valence-corrected chi connectivity index (χ1v) is 8.04. The molecule has 0 aliphatic carbocycles. The second-order valence-electron chi connectivity index (χ2n) is 5.94. The molecule has 0 bridgehead atoms. The van der Waals surface area contributed by atoms with Crippen LogP contribution in [-0.2, 0) is 18.4 Å². The number of hydrogen-bond donors (Lipinski definition) is 1. The summed E-state index contributed by atoms with van der Waals surface area (Å²) < 4.78 is 78.6. The lowest BCUT2D eigenvalue weighted by molar-refractivity contribution is -0.376. The van der Waals surface area contributed by atoms with Crippen molar-refractivity contribution in [3.8, 4) is 11.1 Å². The maximum absolute atomic E-state index is 13.1. The van der Waals surface area contributed by atoms with Gasteiger partial charge in [-0.15, -0.1) is 0 Å². The molecule has 2 aromatic carbocycles. The minimum absolute atomic E-state index is 0.215. The molecule has 0 aliphatic rings. The van der Waals surface area contributed by atoms with E-state index in [9.17, 15) is 31.4 Å². The van der Waals surface area contributed by atoms with Gasteiger partial charge in [0.1, 0.15) is 0 Å². The fourth-order valence-electron chi connectivity index (χ4n) is 2.95. The van der Waals surface area contributed by atoms with Crippen molar-refractivity contribution < 1.29 is 31.4 Å². The van der Waals surface area contributed by atoms with Gasteiger partial charge in [-0.1, -0.05) is 56.3 Å². The standard InChI is InChI=1S/C19H18F6O/c1-3-12-7-5-6-8-15(12)16-10-9-14(11-13(16)4-2)17(26,18(20,21)22)19(23,24)25/h5-11,26H,3-4H2,1-2H3. The van der Waals surface area contributed by atoms with E-state index in [-0.39, 0.29) is 6.42 Å². The number of alkyl halides is 6. The first kappa shape index (κ1) is 20.3. The number of benzene rings is 2. The third-order valence-electron chi connectivity index (χ3n) is 4.41. The van der Waals surface area contributed by atoms with E-state index in [1.165, 1.54) is 6.07 Å². The number of hydrogen-bond acceptors (Lipinski definition) is 1. The van der Waals surface area contributed by atoms with Crippen LogP contribution in [0, 0.1) is 0 Å². The highest BCUT2D eigenvalue weighted by atomic mass is 19.4. The summed E-state index contributed by atoms with van der Waals surface area (Å²) in [7, 11) is 0. The summed E-state index contributed by atoms with van der Waals surface area (Å²) in [6, 6.07) is 9.89. The average molecular weight is 376 g/mol. The van der Waals surface area contributed by atoms with Gasteiger partial charge in [-0.05, 0) is 35.1 Å². The Morgan fingerprint density at radius 2 is 1.23 bits per heavy atom. The van der Waals surface area contributed by atoms with Crippen LogP contribution in [0.2, 0.25) is 0 Å². The van der Waals surface area contributed by atoms with Crippen LogP contribution in [0.5, 0.6) is 0 Å². The zero-order valence-electron chi connectivity index (χ0n) is 14.2. The van der Waals surface area contributed by atoms with Crippen LogP contribution in [-0.4, -0.2) is 17.5 Å². The molecule has 0 radical (unpaired) electrons. The van der Waals surface area contributed by atoms with Crippen molar-refractivity contribution in [1.82, 2.24) is 0 Å². The molecule has 1 N–H and O–H groups in total. The Kier molecular flexibility index (Phi) is 5.42. The highest BCUT2D eigenvalue weighted by Gasteiger charge is 2.71. The van der Waals surface area contributed by atoms with Gasteiger partial charge in [0.05, 0.1) is 0 Å². The van der Waals surface area contributed by atoms with E-state index in [1.54, 1.807) is 19.1 Å². The maximum atomic E-state index is 13.1. The van der Waals surface area contributed by atoms with Crippen LogP contribution in [0.4, 0.5) is 26.3 Å². The summed E-state index contributed by atoms with van der Waals surface area (Å²) in [5.41, 5.74) is -3.60. The van der Waals surface area contributed by atoms with E-state index in [1.807, 2.05) is 19.1 Å². The van der Waals surface area contributed by atoms with Crippen molar-refractivity contribution in [1.29, 1.82) is 0 Å². The number of halogens is 6. The quantitative estimate of drug-likeness (QED) is 0.670. The van der Waals surface area contributed by atoms with Crippen molar-refractivity contribution in [2.45, 2.75) is 44.6 Å². The van der Waals surface area contributed by atoms with Gasteiger partial charge in [0, 0.05) is 5.56 Å². The van der Waals surface area contributed by atoms with E-state index >= 15 is 0 Å². The van der Waals surface area contributed by atoms with Crippen LogP contribution in [0.1, 0.15) is 30.5 Å². The molecule has 0 aromatic heterocycles. The molecule has 26 heavy (non-hydrogen) atoms. The second-order valence-corrected chi connectivity index (χ2v) is 5.94. The summed E-state index contributed by atoms with van der Waals surface area (Å²) in [6.45, 7) is 3.54. The molecule has 142 valence electrons.